The van der Waals surface area contributed by atoms with Gasteiger partial charge < -0.3 is 4.42 Å². The molecule has 0 aliphatic heterocycles. The minimum Gasteiger partial charge on any atom is -0.456 e. The van der Waals surface area contributed by atoms with Crippen molar-refractivity contribution in [1.29, 1.82) is 0 Å². The Bertz CT molecular complexity index is 3510. The van der Waals surface area contributed by atoms with Gasteiger partial charge in [0.25, 0.3) is 0 Å². The van der Waals surface area contributed by atoms with Crippen LogP contribution in [0.4, 0.5) is 0 Å². The Morgan fingerprint density at radius 3 is 1.49 bits per heavy atom. The molecule has 1 aromatic heterocycles. The molecule has 0 amide bonds. The van der Waals surface area contributed by atoms with Crippen LogP contribution >= 0.6 is 0 Å². The van der Waals surface area contributed by atoms with Gasteiger partial charge in [0.1, 0.15) is 11.2 Å². The van der Waals surface area contributed by atoms with Gasteiger partial charge in [-0.3, -0.25) is 0 Å². The van der Waals surface area contributed by atoms with Crippen LogP contribution in [0.25, 0.3) is 98.8 Å². The Morgan fingerprint density at radius 1 is 0.327 bits per heavy atom. The predicted molar refractivity (Wildman–Crippen MR) is 208 cm³/mol. The highest BCUT2D eigenvalue weighted by Crippen LogP contribution is 2.48. The van der Waals surface area contributed by atoms with E-state index in [0.717, 1.165) is 38.4 Å². The van der Waals surface area contributed by atoms with Crippen molar-refractivity contribution in [1.82, 2.24) is 0 Å². The zero-order valence-electron chi connectivity index (χ0n) is 38.7. The van der Waals surface area contributed by atoms with Gasteiger partial charge in [-0.25, -0.2) is 0 Å². The Kier molecular flexibility index (Phi) is 3.99. The molecule has 0 spiro atoms. The number of fused-ring (bicyclic) bond motifs is 6. The van der Waals surface area contributed by atoms with Gasteiger partial charge in [0.05, 0.1) is 17.8 Å². The molecule has 0 aliphatic rings. The number of benzene rings is 9. The minimum atomic E-state index is -0.717. The fourth-order valence-electron chi connectivity index (χ4n) is 7.22. The summed E-state index contributed by atoms with van der Waals surface area (Å²) in [5.74, 6) is 0. The molecular weight excluding hydrogens is 593 g/mol. The van der Waals surface area contributed by atoms with Crippen LogP contribution in [0.15, 0.2) is 186 Å². The Balaban J connectivity index is 1.40. The highest BCUT2D eigenvalue weighted by molar-refractivity contribution is 6.25. The molecule has 0 aliphatic carbocycles. The first kappa shape index (κ1) is 17.6. The van der Waals surface area contributed by atoms with Gasteiger partial charge in [-0.2, -0.15) is 0 Å². The van der Waals surface area contributed by atoms with Gasteiger partial charge in [0.2, 0.25) is 0 Å². The van der Waals surface area contributed by atoms with Gasteiger partial charge >= 0.3 is 0 Å². The smallest absolute Gasteiger partial charge is 0.136 e. The molecule has 0 atom stereocenters. The van der Waals surface area contributed by atoms with Crippen LogP contribution in [0.5, 0.6) is 0 Å². The largest absolute Gasteiger partial charge is 0.456 e. The van der Waals surface area contributed by atoms with E-state index in [0.29, 0.717) is 22.1 Å². The van der Waals surface area contributed by atoms with Crippen LogP contribution in [-0.4, -0.2) is 0 Å². The first-order valence-corrected chi connectivity index (χ1v) is 15.8. The van der Waals surface area contributed by atoms with Crippen LogP contribution in [-0.2, 0) is 0 Å². The molecule has 1 heteroatoms. The highest BCUT2D eigenvalue weighted by Gasteiger charge is 2.21. The fourth-order valence-corrected chi connectivity index (χ4v) is 7.22. The molecule has 0 fully saturated rings. The topological polar surface area (TPSA) is 13.1 Å². The molecule has 9 aromatic carbocycles. The standard InChI is InChI=1S/C48H30O/c1-3-15-31(16-4-1)33-25-13-27-43-47(33)48-37(26-14-28-44(48)49-43)36-29-30-42(35-20-8-7-19-34(35)36)46-40-23-11-9-21-38(40)45(32-17-5-2-6-18-32)39-22-10-12-24-41(39)46/h1-30H/i2D,5D,6D,9D,10D,11D,12D,17D,18D,21D,22D,23D,24D. The summed E-state index contributed by atoms with van der Waals surface area (Å²) in [6, 6.07) is 24.5. The highest BCUT2D eigenvalue weighted by atomic mass is 16.3. The Morgan fingerprint density at radius 2 is 0.837 bits per heavy atom. The van der Waals surface area contributed by atoms with E-state index in [1.165, 1.54) is 0 Å². The first-order chi connectivity index (χ1) is 29.7. The number of rotatable bonds is 4. The van der Waals surface area contributed by atoms with Crippen LogP contribution < -0.4 is 0 Å². The zero-order valence-corrected chi connectivity index (χ0v) is 25.7. The third-order valence-electron chi connectivity index (χ3n) is 9.22. The molecule has 0 unspecified atom stereocenters. The van der Waals surface area contributed by atoms with Crippen molar-refractivity contribution in [3.63, 3.8) is 0 Å². The van der Waals surface area contributed by atoms with Gasteiger partial charge in [-0.15, -0.1) is 0 Å². The van der Waals surface area contributed by atoms with Crippen molar-refractivity contribution in [3.05, 3.63) is 182 Å². The Hall–Kier alpha value is -6.44. The van der Waals surface area contributed by atoms with Crippen LogP contribution in [0.1, 0.15) is 17.8 Å². The second-order valence-corrected chi connectivity index (χ2v) is 11.8. The number of hydrogen-bond acceptors (Lipinski definition) is 1. The van der Waals surface area contributed by atoms with Crippen molar-refractivity contribution < 1.29 is 22.2 Å². The molecule has 1 nitrogen and oxygen atoms in total. The van der Waals surface area contributed by atoms with E-state index in [1.54, 1.807) is 6.07 Å². The van der Waals surface area contributed by atoms with Gasteiger partial charge in [-0.1, -0.05) is 170 Å². The lowest BCUT2D eigenvalue weighted by Crippen LogP contribution is -1.92. The normalized spacial score (nSPS) is 15.4. The van der Waals surface area contributed by atoms with Gasteiger partial charge in [0, 0.05) is 10.8 Å². The summed E-state index contributed by atoms with van der Waals surface area (Å²) in [5, 5.41) is 2.34. The molecule has 0 saturated carbocycles. The van der Waals surface area contributed by atoms with E-state index in [1.807, 2.05) is 91.0 Å². The van der Waals surface area contributed by atoms with Crippen molar-refractivity contribution in [3.8, 4) is 44.5 Å². The van der Waals surface area contributed by atoms with E-state index >= 15 is 0 Å². The molecule has 228 valence electrons. The lowest BCUT2D eigenvalue weighted by Gasteiger charge is -2.19. The Labute approximate surface area is 302 Å². The summed E-state index contributed by atoms with van der Waals surface area (Å²) in [6.45, 7) is 0. The van der Waals surface area contributed by atoms with Crippen LogP contribution in [0.2, 0.25) is 0 Å². The predicted octanol–water partition coefficient (Wildman–Crippen LogP) is 13.7. The van der Waals surface area contributed by atoms with Crippen molar-refractivity contribution in [2.75, 3.05) is 0 Å². The van der Waals surface area contributed by atoms with E-state index in [4.69, 9.17) is 16.8 Å². The van der Waals surface area contributed by atoms with Crippen molar-refractivity contribution >= 4 is 54.3 Å². The van der Waals surface area contributed by atoms with E-state index in [2.05, 4.69) is 6.07 Å². The average molecular weight is 636 g/mol. The lowest BCUT2D eigenvalue weighted by molar-refractivity contribution is 0.669. The molecule has 1 heterocycles. The number of hydrogen-bond donors (Lipinski definition) is 0. The first-order valence-electron chi connectivity index (χ1n) is 22.3. The minimum absolute atomic E-state index is 0.0752. The summed E-state index contributed by atoms with van der Waals surface area (Å²) in [5.41, 5.74) is 4.70. The van der Waals surface area contributed by atoms with E-state index < -0.39 is 84.1 Å². The summed E-state index contributed by atoms with van der Waals surface area (Å²) in [4.78, 5) is 0. The molecule has 10 aromatic rings. The molecule has 0 N–H and O–H groups in total. The average Bonchev–Trinajstić information content (AvgIpc) is 3.69. The van der Waals surface area contributed by atoms with Crippen LogP contribution in [0, 0.1) is 0 Å². The summed E-state index contributed by atoms with van der Waals surface area (Å²) < 4.78 is 123. The van der Waals surface area contributed by atoms with E-state index in [9.17, 15) is 5.48 Å². The number of furan rings is 1. The maximum atomic E-state index is 9.43. The molecule has 0 bridgehead atoms. The summed E-state index contributed by atoms with van der Waals surface area (Å²) >= 11 is 0. The maximum Gasteiger partial charge on any atom is 0.136 e. The second kappa shape index (κ2) is 11.1. The lowest BCUT2D eigenvalue weighted by atomic mass is 9.83. The fraction of sp³-hybridized carbons (Fsp3) is 0. The van der Waals surface area contributed by atoms with Gasteiger partial charge in [0.15, 0.2) is 0 Å². The van der Waals surface area contributed by atoms with Gasteiger partial charge in [-0.05, 0) is 89.0 Å². The van der Waals surface area contributed by atoms with Crippen LogP contribution in [0.3, 0.4) is 0 Å². The maximum absolute atomic E-state index is 9.43. The molecule has 0 radical (unpaired) electrons. The van der Waals surface area contributed by atoms with E-state index in [-0.39, 0.29) is 32.7 Å². The zero-order chi connectivity index (χ0) is 43.6. The SMILES string of the molecule is [2H]c1c([2H])c([2H])c(-c2c3c([2H])c([2H])c([2H])c([2H])c3c(-c3ccc(-c4cccc5oc6cccc(-c7ccccc7)c6c45)c4ccccc34)c3c([2H])c([2H])c([2H])c([2H])c23)c([2H])c1[2H]. The monoisotopic (exact) mass is 635 g/mol. The summed E-state index contributed by atoms with van der Waals surface area (Å²) in [6.07, 6.45) is 0. The quantitative estimate of drug-likeness (QED) is 0.175. The summed E-state index contributed by atoms with van der Waals surface area (Å²) in [7, 11) is 0. The second-order valence-electron chi connectivity index (χ2n) is 11.8. The molecular formula is C48H30O. The molecule has 49 heavy (non-hydrogen) atoms. The third-order valence-corrected chi connectivity index (χ3v) is 9.22. The third kappa shape index (κ3) is 4.26. The van der Waals surface area contributed by atoms with Crippen molar-refractivity contribution in [2.24, 2.45) is 0 Å². The molecule has 10 rings (SSSR count). The van der Waals surface area contributed by atoms with Crippen molar-refractivity contribution in [2.45, 2.75) is 0 Å². The molecule has 0 saturated heterocycles.